The van der Waals surface area contributed by atoms with E-state index in [4.69, 9.17) is 0 Å². The summed E-state index contributed by atoms with van der Waals surface area (Å²) in [6, 6.07) is 5.54. The van der Waals surface area contributed by atoms with Gasteiger partial charge in [-0.25, -0.2) is 0 Å². The van der Waals surface area contributed by atoms with Crippen LogP contribution in [0.3, 0.4) is 0 Å². The van der Waals surface area contributed by atoms with E-state index in [0.29, 0.717) is 5.56 Å². The van der Waals surface area contributed by atoms with Gasteiger partial charge in [-0.2, -0.15) is 0 Å². The van der Waals surface area contributed by atoms with Crippen molar-refractivity contribution < 1.29 is 14.3 Å². The summed E-state index contributed by atoms with van der Waals surface area (Å²) in [7, 11) is 1.32. The van der Waals surface area contributed by atoms with Crippen LogP contribution in [0.4, 0.5) is 0 Å². The molecule has 0 amide bonds. The lowest BCUT2D eigenvalue weighted by atomic mass is 9.96. The maximum Gasteiger partial charge on any atom is 0.306 e. The van der Waals surface area contributed by atoms with Crippen LogP contribution in [0.15, 0.2) is 22.7 Å². The van der Waals surface area contributed by atoms with Gasteiger partial charge in [0.1, 0.15) is 0 Å². The third-order valence-electron chi connectivity index (χ3n) is 2.54. The van der Waals surface area contributed by atoms with Gasteiger partial charge in [0.25, 0.3) is 0 Å². The number of ketones is 1. The highest BCUT2D eigenvalue weighted by atomic mass is 79.9. The summed E-state index contributed by atoms with van der Waals surface area (Å²) in [6.07, 6.45) is 0.107. The zero-order chi connectivity index (χ0) is 13.0. The minimum atomic E-state index is -0.374. The molecule has 3 nitrogen and oxygen atoms in total. The number of rotatable bonds is 4. The van der Waals surface area contributed by atoms with Crippen molar-refractivity contribution in [3.8, 4) is 0 Å². The predicted octanol–water partition coefficient (Wildman–Crippen LogP) is 3.14. The fourth-order valence-electron chi connectivity index (χ4n) is 1.51. The summed E-state index contributed by atoms with van der Waals surface area (Å²) in [5, 5.41) is 0. The van der Waals surface area contributed by atoms with E-state index >= 15 is 0 Å². The third kappa shape index (κ3) is 3.66. The Morgan fingerprint density at radius 2 is 2.06 bits per heavy atom. The number of carbonyl (C=O) groups is 2. The molecule has 0 saturated heterocycles. The first-order valence-corrected chi connectivity index (χ1v) is 6.12. The van der Waals surface area contributed by atoms with E-state index in [1.165, 1.54) is 7.11 Å². The molecule has 0 saturated carbocycles. The molecule has 1 aromatic carbocycles. The Balaban J connectivity index is 2.85. The van der Waals surface area contributed by atoms with Crippen molar-refractivity contribution in [2.45, 2.75) is 20.3 Å². The van der Waals surface area contributed by atoms with Crippen molar-refractivity contribution >= 4 is 27.7 Å². The van der Waals surface area contributed by atoms with E-state index < -0.39 is 0 Å². The lowest BCUT2D eigenvalue weighted by Gasteiger charge is -2.10. The highest BCUT2D eigenvalue weighted by molar-refractivity contribution is 9.10. The molecule has 1 rings (SSSR count). The first-order chi connectivity index (χ1) is 7.95. The molecule has 1 aromatic rings. The van der Waals surface area contributed by atoms with Gasteiger partial charge in [-0.3, -0.25) is 9.59 Å². The van der Waals surface area contributed by atoms with Gasteiger partial charge in [0.05, 0.1) is 13.5 Å². The maximum atomic E-state index is 12.1. The Morgan fingerprint density at radius 3 is 2.59 bits per heavy atom. The Bertz CT molecular complexity index is 440. The van der Waals surface area contributed by atoms with Crippen LogP contribution in [-0.4, -0.2) is 18.9 Å². The van der Waals surface area contributed by atoms with Gasteiger partial charge in [-0.1, -0.05) is 28.9 Å². The largest absolute Gasteiger partial charge is 0.469 e. The van der Waals surface area contributed by atoms with Gasteiger partial charge in [-0.15, -0.1) is 0 Å². The average Bonchev–Trinajstić information content (AvgIpc) is 2.28. The molecule has 0 aliphatic carbocycles. The van der Waals surface area contributed by atoms with Gasteiger partial charge >= 0.3 is 5.97 Å². The minimum Gasteiger partial charge on any atom is -0.469 e. The Hall–Kier alpha value is -1.16. The van der Waals surface area contributed by atoms with Crippen LogP contribution >= 0.6 is 15.9 Å². The molecule has 92 valence electrons. The van der Waals surface area contributed by atoms with Crippen molar-refractivity contribution in [3.63, 3.8) is 0 Å². The quantitative estimate of drug-likeness (QED) is 0.633. The normalized spacial score (nSPS) is 12.0. The van der Waals surface area contributed by atoms with Crippen molar-refractivity contribution in [3.05, 3.63) is 33.8 Å². The molecule has 1 atom stereocenters. The molecule has 0 heterocycles. The maximum absolute atomic E-state index is 12.1. The van der Waals surface area contributed by atoms with Gasteiger partial charge in [-0.05, 0) is 24.6 Å². The number of Topliss-reactive ketones (excluding diaryl/α,β-unsaturated/α-hetero) is 1. The topological polar surface area (TPSA) is 43.4 Å². The number of esters is 1. The molecule has 17 heavy (non-hydrogen) atoms. The SMILES string of the molecule is COC(=O)CC(C)C(=O)c1ccc(C)cc1Br. The Morgan fingerprint density at radius 1 is 1.41 bits per heavy atom. The molecule has 0 radical (unpaired) electrons. The summed E-state index contributed by atoms with van der Waals surface area (Å²) in [5.41, 5.74) is 1.68. The fourth-order valence-corrected chi connectivity index (χ4v) is 2.20. The van der Waals surface area contributed by atoms with Crippen LogP contribution in [-0.2, 0) is 9.53 Å². The second-order valence-corrected chi connectivity index (χ2v) is 4.88. The zero-order valence-electron chi connectivity index (χ0n) is 10.1. The van der Waals surface area contributed by atoms with Crippen molar-refractivity contribution in [1.29, 1.82) is 0 Å². The van der Waals surface area contributed by atoms with Gasteiger partial charge in [0, 0.05) is 16.0 Å². The number of ether oxygens (including phenoxy) is 1. The van der Waals surface area contributed by atoms with E-state index in [-0.39, 0.29) is 24.1 Å². The summed E-state index contributed by atoms with van der Waals surface area (Å²) < 4.78 is 5.32. The van der Waals surface area contributed by atoms with Crippen LogP contribution in [0.5, 0.6) is 0 Å². The molecule has 0 aliphatic heterocycles. The molecule has 1 unspecified atom stereocenters. The monoisotopic (exact) mass is 298 g/mol. The molecular formula is C13H15BrO3. The first kappa shape index (κ1) is 13.9. The molecule has 4 heteroatoms. The van der Waals surface area contributed by atoms with Crippen LogP contribution < -0.4 is 0 Å². The summed E-state index contributed by atoms with van der Waals surface area (Å²) in [6.45, 7) is 3.68. The molecule has 0 spiro atoms. The standard InChI is InChI=1S/C13H15BrO3/c1-8-4-5-10(11(14)6-8)13(16)9(2)7-12(15)17-3/h4-6,9H,7H2,1-3H3. The lowest BCUT2D eigenvalue weighted by Crippen LogP contribution is -2.17. The summed E-state index contributed by atoms with van der Waals surface area (Å²) in [5.74, 6) is -0.794. The Kier molecular flexibility index (Phi) is 4.87. The van der Waals surface area contributed by atoms with E-state index in [2.05, 4.69) is 20.7 Å². The third-order valence-corrected chi connectivity index (χ3v) is 3.19. The summed E-state index contributed by atoms with van der Waals surface area (Å²) in [4.78, 5) is 23.2. The predicted molar refractivity (Wildman–Crippen MR) is 69.0 cm³/mol. The number of halogens is 1. The van der Waals surface area contributed by atoms with Crippen LogP contribution in [0.25, 0.3) is 0 Å². The number of hydrogen-bond donors (Lipinski definition) is 0. The van der Waals surface area contributed by atoms with Crippen LogP contribution in [0.2, 0.25) is 0 Å². The average molecular weight is 299 g/mol. The molecule has 0 fully saturated rings. The van der Waals surface area contributed by atoms with E-state index in [9.17, 15) is 9.59 Å². The molecule has 0 N–H and O–H groups in total. The minimum absolute atomic E-state index is 0.0534. The van der Waals surface area contributed by atoms with Gasteiger partial charge in [0.2, 0.25) is 0 Å². The highest BCUT2D eigenvalue weighted by Crippen LogP contribution is 2.22. The second kappa shape index (κ2) is 5.96. The number of hydrogen-bond acceptors (Lipinski definition) is 3. The smallest absolute Gasteiger partial charge is 0.306 e. The summed E-state index contributed by atoms with van der Waals surface area (Å²) >= 11 is 3.36. The van der Waals surface area contributed by atoms with Gasteiger partial charge in [0.15, 0.2) is 5.78 Å². The fraction of sp³-hybridized carbons (Fsp3) is 0.385. The second-order valence-electron chi connectivity index (χ2n) is 4.03. The van der Waals surface area contributed by atoms with E-state index in [1.54, 1.807) is 13.0 Å². The number of aryl methyl sites for hydroxylation is 1. The Labute approximate surface area is 109 Å². The molecule has 0 aromatic heterocycles. The zero-order valence-corrected chi connectivity index (χ0v) is 11.7. The van der Waals surface area contributed by atoms with Crippen molar-refractivity contribution in [1.82, 2.24) is 0 Å². The van der Waals surface area contributed by atoms with Gasteiger partial charge < -0.3 is 4.74 Å². The lowest BCUT2D eigenvalue weighted by molar-refractivity contribution is -0.141. The molecule has 0 aliphatic rings. The first-order valence-electron chi connectivity index (χ1n) is 5.33. The van der Waals surface area contributed by atoms with Crippen molar-refractivity contribution in [2.24, 2.45) is 5.92 Å². The highest BCUT2D eigenvalue weighted by Gasteiger charge is 2.20. The molecule has 0 bridgehead atoms. The van der Waals surface area contributed by atoms with Crippen LogP contribution in [0, 0.1) is 12.8 Å². The number of methoxy groups -OCH3 is 1. The van der Waals surface area contributed by atoms with Crippen LogP contribution in [0.1, 0.15) is 29.3 Å². The van der Waals surface area contributed by atoms with E-state index in [0.717, 1.165) is 10.0 Å². The molecular weight excluding hydrogens is 284 g/mol. The van der Waals surface area contributed by atoms with E-state index in [1.807, 2.05) is 19.1 Å². The number of carbonyl (C=O) groups excluding carboxylic acids is 2. The van der Waals surface area contributed by atoms with Crippen molar-refractivity contribution in [2.75, 3.05) is 7.11 Å². The number of benzene rings is 1.